The number of anilines is 3. The van der Waals surface area contributed by atoms with E-state index >= 15 is 0 Å². The van der Waals surface area contributed by atoms with Crippen LogP contribution in [0, 0.1) is 5.92 Å². The second kappa shape index (κ2) is 9.98. The monoisotopic (exact) mass is 514 g/mol. The normalized spacial score (nSPS) is 18.4. The molecule has 1 saturated heterocycles. The van der Waals surface area contributed by atoms with Gasteiger partial charge in [-0.3, -0.25) is 9.00 Å². The molecule has 11 heteroatoms. The first-order valence-corrected chi connectivity index (χ1v) is 12.6. The van der Waals surface area contributed by atoms with Gasteiger partial charge in [-0.05, 0) is 56.0 Å². The van der Waals surface area contributed by atoms with Gasteiger partial charge in [0.15, 0.2) is 0 Å². The molecule has 0 spiro atoms. The SMILES string of the molecule is C[C@@H]1CN(c2nc(C(C)(C)C)c(C=CC(=O)O)cc2C(=O)N(c2cccc(N)n2)S(=O)[O-])C(C)(C)C1. The molecule has 3 heterocycles. The number of pyridine rings is 2. The number of carbonyl (C=O) groups excluding carboxylic acids is 1. The minimum atomic E-state index is -3.01. The number of hydrogen-bond donors (Lipinski definition) is 2. The first kappa shape index (κ1) is 27.3. The van der Waals surface area contributed by atoms with Gasteiger partial charge in [-0.25, -0.2) is 19.1 Å². The van der Waals surface area contributed by atoms with Crippen LogP contribution in [0.25, 0.3) is 6.08 Å². The lowest BCUT2D eigenvalue weighted by molar-refractivity contribution is -0.131. The van der Waals surface area contributed by atoms with Crippen molar-refractivity contribution in [3.8, 4) is 0 Å². The lowest BCUT2D eigenvalue weighted by Gasteiger charge is -2.36. The van der Waals surface area contributed by atoms with Crippen molar-refractivity contribution in [3.05, 3.63) is 47.2 Å². The van der Waals surface area contributed by atoms with E-state index in [-0.39, 0.29) is 22.7 Å². The first-order valence-electron chi connectivity index (χ1n) is 11.5. The highest BCUT2D eigenvalue weighted by Crippen LogP contribution is 2.40. The summed E-state index contributed by atoms with van der Waals surface area (Å²) in [6, 6.07) is 5.86. The van der Waals surface area contributed by atoms with E-state index in [1.54, 1.807) is 0 Å². The summed E-state index contributed by atoms with van der Waals surface area (Å²) in [5.41, 5.74) is 5.89. The predicted octanol–water partition coefficient (Wildman–Crippen LogP) is 3.52. The maximum Gasteiger partial charge on any atom is 0.328 e. The molecule has 3 rings (SSSR count). The van der Waals surface area contributed by atoms with Crippen molar-refractivity contribution in [1.82, 2.24) is 9.97 Å². The molecule has 0 bridgehead atoms. The Labute approximate surface area is 213 Å². The molecule has 194 valence electrons. The number of nitrogens with zero attached hydrogens (tertiary/aromatic N) is 4. The van der Waals surface area contributed by atoms with Gasteiger partial charge in [0.05, 0.1) is 22.5 Å². The fourth-order valence-electron chi connectivity index (χ4n) is 4.64. The van der Waals surface area contributed by atoms with E-state index in [1.807, 2.05) is 39.5 Å². The van der Waals surface area contributed by atoms with Crippen molar-refractivity contribution in [2.24, 2.45) is 5.92 Å². The number of aliphatic carboxylic acids is 1. The Morgan fingerprint density at radius 1 is 1.31 bits per heavy atom. The van der Waals surface area contributed by atoms with Crippen LogP contribution in [0.3, 0.4) is 0 Å². The lowest BCUT2D eigenvalue weighted by Crippen LogP contribution is -2.42. The van der Waals surface area contributed by atoms with Gasteiger partial charge in [-0.2, -0.15) is 0 Å². The van der Waals surface area contributed by atoms with Gasteiger partial charge in [0.2, 0.25) is 0 Å². The number of amides is 1. The molecular weight excluding hydrogens is 482 g/mol. The number of carboxylic acid groups (broad SMARTS) is 1. The van der Waals surface area contributed by atoms with Crippen molar-refractivity contribution in [2.45, 2.75) is 58.9 Å². The van der Waals surface area contributed by atoms with Crippen LogP contribution in [0.5, 0.6) is 0 Å². The second-order valence-corrected chi connectivity index (χ2v) is 11.5. The van der Waals surface area contributed by atoms with E-state index in [9.17, 15) is 23.5 Å². The molecule has 2 aromatic rings. The van der Waals surface area contributed by atoms with Gasteiger partial charge in [0, 0.05) is 23.6 Å². The number of carboxylic acids is 1. The lowest BCUT2D eigenvalue weighted by atomic mass is 9.87. The van der Waals surface area contributed by atoms with E-state index in [0.29, 0.717) is 33.8 Å². The molecule has 3 N–H and O–H groups in total. The highest BCUT2D eigenvalue weighted by atomic mass is 32.2. The molecule has 1 aliphatic rings. The largest absolute Gasteiger partial charge is 0.755 e. The topological polar surface area (TPSA) is 153 Å². The Morgan fingerprint density at radius 2 is 1.97 bits per heavy atom. The highest BCUT2D eigenvalue weighted by Gasteiger charge is 2.40. The molecule has 0 radical (unpaired) electrons. The molecule has 2 aromatic heterocycles. The molecular formula is C25H32N5O5S-. The van der Waals surface area contributed by atoms with E-state index in [4.69, 9.17) is 10.7 Å². The first-order chi connectivity index (χ1) is 16.6. The van der Waals surface area contributed by atoms with Crippen LogP contribution in [0.4, 0.5) is 17.5 Å². The fraction of sp³-hybridized carbons (Fsp3) is 0.440. The summed E-state index contributed by atoms with van der Waals surface area (Å²) in [7, 11) is 0. The van der Waals surface area contributed by atoms with Crippen LogP contribution in [0.2, 0.25) is 0 Å². The van der Waals surface area contributed by atoms with Crippen LogP contribution in [-0.2, 0) is 21.5 Å². The molecule has 0 aliphatic carbocycles. The van der Waals surface area contributed by atoms with E-state index in [2.05, 4.69) is 11.9 Å². The van der Waals surface area contributed by atoms with Crippen LogP contribution in [0.15, 0.2) is 30.3 Å². The van der Waals surface area contributed by atoms with Gasteiger partial charge in [-0.15, -0.1) is 0 Å². The zero-order chi connectivity index (χ0) is 27.0. The zero-order valence-electron chi connectivity index (χ0n) is 21.3. The zero-order valence-corrected chi connectivity index (χ0v) is 22.1. The van der Waals surface area contributed by atoms with E-state index in [0.717, 1.165) is 12.5 Å². The van der Waals surface area contributed by atoms with Crippen LogP contribution in [-0.4, -0.2) is 47.8 Å². The molecule has 2 atom stereocenters. The molecule has 0 saturated carbocycles. The average molecular weight is 515 g/mol. The van der Waals surface area contributed by atoms with Gasteiger partial charge < -0.3 is 20.3 Å². The summed E-state index contributed by atoms with van der Waals surface area (Å²) in [6.45, 7) is 12.6. The molecule has 1 aliphatic heterocycles. The van der Waals surface area contributed by atoms with Gasteiger partial charge in [-0.1, -0.05) is 33.8 Å². The maximum absolute atomic E-state index is 13.9. The Hall–Kier alpha value is -3.31. The second-order valence-electron chi connectivity index (χ2n) is 10.7. The minimum Gasteiger partial charge on any atom is -0.755 e. The fourth-order valence-corrected chi connectivity index (χ4v) is 5.13. The Kier molecular flexibility index (Phi) is 7.56. The van der Waals surface area contributed by atoms with Gasteiger partial charge in [0.25, 0.3) is 5.91 Å². The number of nitrogen functional groups attached to an aromatic ring is 1. The standard InChI is InChI=1S/C25H33N5O5S/c1-15-13-25(5,6)29(14-15)22-17(12-16(10-11-20(31)32)21(28-22)24(2,3)4)23(33)30(36(34)35)19-9-7-8-18(26)27-19/h7-12,15H,13-14H2,1-6H3,(H2,26,27)(H,31,32)(H,34,35)/p-1/t15-/m0/s1. The van der Waals surface area contributed by atoms with Crippen molar-refractivity contribution in [2.75, 3.05) is 21.5 Å². The molecule has 1 unspecified atom stereocenters. The number of rotatable bonds is 6. The van der Waals surface area contributed by atoms with Crippen LogP contribution in [0.1, 0.15) is 69.6 Å². The third-order valence-electron chi connectivity index (χ3n) is 6.00. The quantitative estimate of drug-likeness (QED) is 0.435. The van der Waals surface area contributed by atoms with E-state index in [1.165, 1.54) is 30.3 Å². The van der Waals surface area contributed by atoms with Crippen LogP contribution >= 0.6 is 0 Å². The van der Waals surface area contributed by atoms with Crippen molar-refractivity contribution < 1.29 is 23.5 Å². The van der Waals surface area contributed by atoms with Crippen molar-refractivity contribution >= 4 is 46.7 Å². The Morgan fingerprint density at radius 3 is 2.47 bits per heavy atom. The summed E-state index contributed by atoms with van der Waals surface area (Å²) in [5.74, 6) is -1.48. The Balaban J connectivity index is 2.33. The summed E-state index contributed by atoms with van der Waals surface area (Å²) in [4.78, 5) is 36.1. The summed E-state index contributed by atoms with van der Waals surface area (Å²) in [5, 5.41) is 9.22. The predicted molar refractivity (Wildman–Crippen MR) is 139 cm³/mol. The highest BCUT2D eigenvalue weighted by molar-refractivity contribution is 7.81. The Bertz CT molecular complexity index is 1240. The third kappa shape index (κ3) is 5.73. The number of hydrogen-bond acceptors (Lipinski definition) is 8. The molecule has 10 nitrogen and oxygen atoms in total. The molecule has 1 fully saturated rings. The smallest absolute Gasteiger partial charge is 0.328 e. The average Bonchev–Trinajstić information content (AvgIpc) is 3.02. The molecule has 1 amide bonds. The summed E-state index contributed by atoms with van der Waals surface area (Å²) in [6.07, 6.45) is 3.18. The van der Waals surface area contributed by atoms with Crippen molar-refractivity contribution in [1.29, 1.82) is 0 Å². The minimum absolute atomic E-state index is 0.0173. The van der Waals surface area contributed by atoms with Crippen LogP contribution < -0.4 is 14.9 Å². The maximum atomic E-state index is 13.9. The summed E-state index contributed by atoms with van der Waals surface area (Å²) < 4.78 is 25.1. The number of nitrogens with two attached hydrogens (primary N) is 1. The van der Waals surface area contributed by atoms with E-state index < -0.39 is 28.6 Å². The van der Waals surface area contributed by atoms with Gasteiger partial charge >= 0.3 is 5.97 Å². The third-order valence-corrected chi connectivity index (χ3v) is 6.66. The number of aromatic nitrogens is 2. The molecule has 0 aromatic carbocycles. The molecule has 36 heavy (non-hydrogen) atoms. The van der Waals surface area contributed by atoms with Crippen molar-refractivity contribution in [3.63, 3.8) is 0 Å². The summed E-state index contributed by atoms with van der Waals surface area (Å²) >= 11 is -3.01. The number of carbonyl (C=O) groups is 2. The van der Waals surface area contributed by atoms with Gasteiger partial charge in [0.1, 0.15) is 17.5 Å².